The number of hydrogen-bond donors (Lipinski definition) is 2. The van der Waals surface area contributed by atoms with Gasteiger partial charge in [0, 0.05) is 12.2 Å². The molecule has 1 heterocycles. The first-order chi connectivity index (χ1) is 8.20. The minimum absolute atomic E-state index is 0.504. The Morgan fingerprint density at radius 3 is 2.94 bits per heavy atom. The number of hydrogen-bond acceptors (Lipinski definition) is 3. The second-order valence-corrected chi connectivity index (χ2v) is 5.23. The fourth-order valence-corrected chi connectivity index (χ4v) is 2.80. The van der Waals surface area contributed by atoms with Gasteiger partial charge < -0.3 is 11.1 Å². The van der Waals surface area contributed by atoms with Crippen LogP contribution in [0.5, 0.6) is 0 Å². The van der Waals surface area contributed by atoms with Crippen LogP contribution in [0.15, 0.2) is 12.3 Å². The molecule has 1 aliphatic rings. The topological polar surface area (TPSA) is 50.9 Å². The molecular formula is C13H20ClN3. The molecule has 1 aromatic rings. The average molecular weight is 254 g/mol. The van der Waals surface area contributed by atoms with Crippen molar-refractivity contribution < 1.29 is 0 Å². The molecular weight excluding hydrogens is 234 g/mol. The van der Waals surface area contributed by atoms with Crippen LogP contribution >= 0.6 is 11.6 Å². The molecule has 1 aliphatic carbocycles. The molecule has 3 nitrogen and oxygen atoms in total. The maximum absolute atomic E-state index is 5.92. The standard InChI is InChI=1S/C13H20ClN3/c1-2-9-5-3-4-6-12(9)17-13-11(15)7-10(14)8-16-13/h7-9,12H,2-6,15H2,1H3,(H,16,17). The summed E-state index contributed by atoms with van der Waals surface area (Å²) in [6.07, 6.45) is 8.01. The zero-order valence-corrected chi connectivity index (χ0v) is 11.0. The fourth-order valence-electron chi connectivity index (χ4n) is 2.64. The first-order valence-corrected chi connectivity index (χ1v) is 6.76. The summed E-state index contributed by atoms with van der Waals surface area (Å²) in [7, 11) is 0. The van der Waals surface area contributed by atoms with E-state index >= 15 is 0 Å². The summed E-state index contributed by atoms with van der Waals surface area (Å²) in [4.78, 5) is 4.27. The lowest BCUT2D eigenvalue weighted by atomic mass is 9.83. The molecule has 2 rings (SSSR count). The van der Waals surface area contributed by atoms with Crippen molar-refractivity contribution in [2.45, 2.75) is 45.1 Å². The molecule has 1 saturated carbocycles. The van der Waals surface area contributed by atoms with E-state index in [2.05, 4.69) is 17.2 Å². The lowest BCUT2D eigenvalue weighted by molar-refractivity contribution is 0.317. The van der Waals surface area contributed by atoms with Crippen molar-refractivity contribution in [3.05, 3.63) is 17.3 Å². The van der Waals surface area contributed by atoms with Crippen molar-refractivity contribution in [3.63, 3.8) is 0 Å². The van der Waals surface area contributed by atoms with Crippen LogP contribution in [0.1, 0.15) is 39.0 Å². The highest BCUT2D eigenvalue weighted by Gasteiger charge is 2.24. The zero-order chi connectivity index (χ0) is 12.3. The van der Waals surface area contributed by atoms with Crippen LogP contribution in [0.4, 0.5) is 11.5 Å². The minimum atomic E-state index is 0.504. The van der Waals surface area contributed by atoms with E-state index in [1.807, 2.05) is 0 Å². The summed E-state index contributed by atoms with van der Waals surface area (Å²) in [6, 6.07) is 2.26. The van der Waals surface area contributed by atoms with Crippen molar-refractivity contribution in [3.8, 4) is 0 Å². The predicted octanol–water partition coefficient (Wildman–Crippen LogP) is 3.70. The SMILES string of the molecule is CCC1CCCCC1Nc1ncc(Cl)cc1N. The molecule has 3 N–H and O–H groups in total. The summed E-state index contributed by atoms with van der Waals surface area (Å²) >= 11 is 5.85. The van der Waals surface area contributed by atoms with Gasteiger partial charge in [0.25, 0.3) is 0 Å². The summed E-state index contributed by atoms with van der Waals surface area (Å²) in [6.45, 7) is 2.25. The van der Waals surface area contributed by atoms with E-state index in [1.165, 1.54) is 32.1 Å². The number of halogens is 1. The molecule has 4 heteroatoms. The van der Waals surface area contributed by atoms with Gasteiger partial charge in [0.05, 0.1) is 10.7 Å². The molecule has 0 aromatic carbocycles. The lowest BCUT2D eigenvalue weighted by Crippen LogP contribution is -2.32. The first kappa shape index (κ1) is 12.5. The van der Waals surface area contributed by atoms with Crippen LogP contribution in [0.25, 0.3) is 0 Å². The fraction of sp³-hybridized carbons (Fsp3) is 0.615. The second kappa shape index (κ2) is 5.58. The number of aromatic nitrogens is 1. The number of pyridine rings is 1. The van der Waals surface area contributed by atoms with Gasteiger partial charge >= 0.3 is 0 Å². The van der Waals surface area contributed by atoms with Crippen molar-refractivity contribution in [2.24, 2.45) is 5.92 Å². The predicted molar refractivity (Wildman–Crippen MR) is 73.3 cm³/mol. The van der Waals surface area contributed by atoms with Gasteiger partial charge in [0.15, 0.2) is 0 Å². The van der Waals surface area contributed by atoms with Crippen LogP contribution in [-0.2, 0) is 0 Å². The summed E-state index contributed by atoms with van der Waals surface area (Å²) in [5.41, 5.74) is 6.55. The van der Waals surface area contributed by atoms with E-state index < -0.39 is 0 Å². The normalized spacial score (nSPS) is 24.6. The van der Waals surface area contributed by atoms with Crippen LogP contribution in [0, 0.1) is 5.92 Å². The number of nitrogens with one attached hydrogen (secondary N) is 1. The number of anilines is 2. The van der Waals surface area contributed by atoms with Gasteiger partial charge in [0.1, 0.15) is 5.82 Å². The average Bonchev–Trinajstić information content (AvgIpc) is 2.33. The van der Waals surface area contributed by atoms with E-state index in [1.54, 1.807) is 12.3 Å². The molecule has 0 aliphatic heterocycles. The molecule has 0 saturated heterocycles. The van der Waals surface area contributed by atoms with Gasteiger partial charge in [-0.25, -0.2) is 4.98 Å². The Morgan fingerprint density at radius 2 is 2.24 bits per heavy atom. The highest BCUT2D eigenvalue weighted by Crippen LogP contribution is 2.30. The Hall–Kier alpha value is -0.960. The van der Waals surface area contributed by atoms with Crippen LogP contribution in [-0.4, -0.2) is 11.0 Å². The van der Waals surface area contributed by atoms with Crippen molar-refractivity contribution in [2.75, 3.05) is 11.1 Å². The Balaban J connectivity index is 2.08. The highest BCUT2D eigenvalue weighted by molar-refractivity contribution is 6.30. The zero-order valence-electron chi connectivity index (χ0n) is 10.2. The molecule has 94 valence electrons. The molecule has 2 atom stereocenters. The van der Waals surface area contributed by atoms with Gasteiger partial charge in [-0.05, 0) is 24.8 Å². The minimum Gasteiger partial charge on any atom is -0.396 e. The van der Waals surface area contributed by atoms with Gasteiger partial charge in [-0.1, -0.05) is 37.8 Å². The molecule has 1 aromatic heterocycles. The van der Waals surface area contributed by atoms with E-state index in [0.717, 1.165) is 11.7 Å². The van der Waals surface area contributed by atoms with Gasteiger partial charge in [-0.15, -0.1) is 0 Å². The molecule has 0 bridgehead atoms. The van der Waals surface area contributed by atoms with Crippen molar-refractivity contribution in [1.29, 1.82) is 0 Å². The quantitative estimate of drug-likeness (QED) is 0.864. The Bertz CT molecular complexity index is 381. The molecule has 0 radical (unpaired) electrons. The van der Waals surface area contributed by atoms with Crippen LogP contribution in [0.2, 0.25) is 5.02 Å². The van der Waals surface area contributed by atoms with E-state index in [-0.39, 0.29) is 0 Å². The molecule has 17 heavy (non-hydrogen) atoms. The third-order valence-corrected chi connectivity index (χ3v) is 3.85. The van der Waals surface area contributed by atoms with Gasteiger partial charge in [0.2, 0.25) is 0 Å². The largest absolute Gasteiger partial charge is 0.396 e. The Morgan fingerprint density at radius 1 is 1.47 bits per heavy atom. The van der Waals surface area contributed by atoms with Crippen LogP contribution in [0.3, 0.4) is 0 Å². The van der Waals surface area contributed by atoms with Gasteiger partial charge in [-0.3, -0.25) is 0 Å². The Labute approximate surface area is 108 Å². The first-order valence-electron chi connectivity index (χ1n) is 6.38. The van der Waals surface area contributed by atoms with Crippen molar-refractivity contribution >= 4 is 23.1 Å². The number of nitrogens with two attached hydrogens (primary N) is 1. The molecule has 2 unspecified atom stereocenters. The van der Waals surface area contributed by atoms with Gasteiger partial charge in [-0.2, -0.15) is 0 Å². The van der Waals surface area contributed by atoms with E-state index in [4.69, 9.17) is 17.3 Å². The lowest BCUT2D eigenvalue weighted by Gasteiger charge is -2.32. The summed E-state index contributed by atoms with van der Waals surface area (Å²) in [5.74, 6) is 1.51. The molecule has 0 amide bonds. The number of nitrogen functional groups attached to an aromatic ring is 1. The number of rotatable bonds is 3. The number of nitrogens with zero attached hydrogens (tertiary/aromatic N) is 1. The van der Waals surface area contributed by atoms with E-state index in [0.29, 0.717) is 16.8 Å². The highest BCUT2D eigenvalue weighted by atomic mass is 35.5. The molecule has 0 spiro atoms. The monoisotopic (exact) mass is 253 g/mol. The summed E-state index contributed by atoms with van der Waals surface area (Å²) in [5, 5.41) is 4.07. The third-order valence-electron chi connectivity index (χ3n) is 3.64. The summed E-state index contributed by atoms with van der Waals surface area (Å²) < 4.78 is 0. The smallest absolute Gasteiger partial charge is 0.149 e. The Kier molecular flexibility index (Phi) is 4.11. The van der Waals surface area contributed by atoms with E-state index in [9.17, 15) is 0 Å². The molecule has 1 fully saturated rings. The van der Waals surface area contributed by atoms with Crippen LogP contribution < -0.4 is 11.1 Å². The maximum atomic E-state index is 5.92. The second-order valence-electron chi connectivity index (χ2n) is 4.79. The maximum Gasteiger partial charge on any atom is 0.149 e. The third kappa shape index (κ3) is 3.03. The van der Waals surface area contributed by atoms with Crippen molar-refractivity contribution in [1.82, 2.24) is 4.98 Å².